The maximum Gasteiger partial charge on any atom is 0.128 e. The van der Waals surface area contributed by atoms with E-state index in [1.807, 2.05) is 12.2 Å². The Morgan fingerprint density at radius 2 is 2.23 bits per heavy atom. The van der Waals surface area contributed by atoms with E-state index in [2.05, 4.69) is 15.9 Å². The summed E-state index contributed by atoms with van der Waals surface area (Å²) in [6.07, 6.45) is 3.78. The molecule has 0 aliphatic heterocycles. The van der Waals surface area contributed by atoms with E-state index in [1.54, 1.807) is 12.1 Å². The van der Waals surface area contributed by atoms with Crippen LogP contribution < -0.4 is 0 Å². The Morgan fingerprint density at radius 3 is 2.85 bits per heavy atom. The molecule has 1 nitrogen and oxygen atoms in total. The molecule has 0 spiro atoms. The highest BCUT2D eigenvalue weighted by atomic mass is 79.9. The van der Waals surface area contributed by atoms with Gasteiger partial charge in [0.25, 0.3) is 0 Å². The number of aliphatic hydroxyl groups excluding tert-OH is 1. The largest absolute Gasteiger partial charge is 0.392 e. The Labute approximate surface area is 85.0 Å². The molecule has 0 aromatic heterocycles. The van der Waals surface area contributed by atoms with Gasteiger partial charge < -0.3 is 5.11 Å². The van der Waals surface area contributed by atoms with Gasteiger partial charge in [-0.2, -0.15) is 0 Å². The Hall–Kier alpha value is -0.670. The summed E-state index contributed by atoms with van der Waals surface area (Å²) in [5, 5.41) is 9.56. The van der Waals surface area contributed by atoms with Crippen molar-refractivity contribution < 1.29 is 9.50 Å². The van der Waals surface area contributed by atoms with Crippen molar-refractivity contribution >= 4 is 22.0 Å². The van der Waals surface area contributed by atoms with Crippen LogP contribution in [0.15, 0.2) is 24.3 Å². The van der Waals surface area contributed by atoms with Crippen molar-refractivity contribution in [1.29, 1.82) is 0 Å². The van der Waals surface area contributed by atoms with Gasteiger partial charge in [-0.3, -0.25) is 0 Å². The molecule has 70 valence electrons. The fourth-order valence-electron chi connectivity index (χ4n) is 1.00. The maximum absolute atomic E-state index is 12.9. The van der Waals surface area contributed by atoms with Gasteiger partial charge in [0.05, 0.1) is 6.61 Å². The number of aliphatic hydroxyl groups is 1. The number of hydrogen-bond acceptors (Lipinski definition) is 1. The Kier molecular flexibility index (Phi) is 4.12. The third-order valence-electron chi connectivity index (χ3n) is 1.64. The molecule has 0 aliphatic rings. The third-order valence-corrected chi connectivity index (χ3v) is 2.01. The second-order valence-electron chi connectivity index (χ2n) is 2.57. The number of hydrogen-bond donors (Lipinski definition) is 1. The van der Waals surface area contributed by atoms with Crippen LogP contribution in [-0.4, -0.2) is 10.4 Å². The van der Waals surface area contributed by atoms with Gasteiger partial charge in [0.15, 0.2) is 0 Å². The highest BCUT2D eigenvalue weighted by Gasteiger charge is 1.99. The Bertz CT molecular complexity index is 310. The minimum atomic E-state index is -0.363. The Morgan fingerprint density at radius 1 is 1.46 bits per heavy atom. The Balaban J connectivity index is 2.92. The lowest BCUT2D eigenvalue weighted by atomic mass is 10.1. The summed E-state index contributed by atoms with van der Waals surface area (Å²) in [6, 6.07) is 4.67. The normalized spacial score (nSPS) is 11.0. The van der Waals surface area contributed by atoms with Crippen molar-refractivity contribution in [3.8, 4) is 0 Å². The van der Waals surface area contributed by atoms with Crippen molar-refractivity contribution in [1.82, 2.24) is 0 Å². The smallest absolute Gasteiger partial charge is 0.128 e. The van der Waals surface area contributed by atoms with Crippen LogP contribution in [0.1, 0.15) is 11.1 Å². The maximum atomic E-state index is 12.9. The lowest BCUT2D eigenvalue weighted by molar-refractivity contribution is 0.275. The molecule has 0 bridgehead atoms. The highest BCUT2D eigenvalue weighted by molar-refractivity contribution is 9.09. The number of rotatable bonds is 3. The molecule has 0 aliphatic carbocycles. The summed E-state index contributed by atoms with van der Waals surface area (Å²) in [5.41, 5.74) is 1.22. The van der Waals surface area contributed by atoms with Crippen LogP contribution in [0.5, 0.6) is 0 Å². The minimum absolute atomic E-state index is 0.262. The summed E-state index contributed by atoms with van der Waals surface area (Å²) in [4.78, 5) is 0. The number of allylic oxidation sites excluding steroid dienone is 1. The fourth-order valence-corrected chi connectivity index (χ4v) is 1.19. The molecule has 1 rings (SSSR count). The average molecular weight is 245 g/mol. The SMILES string of the molecule is OCc1cc(C=CCBr)ccc1F. The molecule has 3 heteroatoms. The van der Waals surface area contributed by atoms with E-state index in [9.17, 15) is 4.39 Å². The van der Waals surface area contributed by atoms with Gasteiger partial charge in [-0.1, -0.05) is 34.1 Å². The molecule has 13 heavy (non-hydrogen) atoms. The van der Waals surface area contributed by atoms with Crippen LogP contribution in [0.4, 0.5) is 4.39 Å². The van der Waals surface area contributed by atoms with Crippen molar-refractivity contribution in [3.63, 3.8) is 0 Å². The first-order valence-electron chi connectivity index (χ1n) is 3.89. The molecular weight excluding hydrogens is 235 g/mol. The minimum Gasteiger partial charge on any atom is -0.392 e. The molecule has 1 aromatic rings. The van der Waals surface area contributed by atoms with E-state index in [0.29, 0.717) is 5.56 Å². The molecule has 0 unspecified atom stereocenters. The average Bonchev–Trinajstić information content (AvgIpc) is 2.16. The van der Waals surface area contributed by atoms with Crippen molar-refractivity contribution in [2.45, 2.75) is 6.61 Å². The fraction of sp³-hybridized carbons (Fsp3) is 0.200. The molecule has 1 aromatic carbocycles. The van der Waals surface area contributed by atoms with Crippen LogP contribution >= 0.6 is 15.9 Å². The van der Waals surface area contributed by atoms with Crippen LogP contribution in [0, 0.1) is 5.82 Å². The molecule has 0 fully saturated rings. The molecular formula is C10H10BrFO. The molecule has 0 saturated heterocycles. The van der Waals surface area contributed by atoms with E-state index in [1.165, 1.54) is 6.07 Å². The zero-order valence-corrected chi connectivity index (χ0v) is 8.59. The van der Waals surface area contributed by atoms with E-state index in [0.717, 1.165) is 10.9 Å². The standard InChI is InChI=1S/C10H10BrFO/c11-5-1-2-8-3-4-10(12)9(6-8)7-13/h1-4,6,13H,5,7H2. The first-order chi connectivity index (χ1) is 6.27. The number of halogens is 2. The van der Waals surface area contributed by atoms with Gasteiger partial charge in [0, 0.05) is 10.9 Å². The predicted octanol–water partition coefficient (Wildman–Crippen LogP) is 2.73. The molecule has 1 N–H and O–H groups in total. The zero-order chi connectivity index (χ0) is 9.68. The van der Waals surface area contributed by atoms with E-state index in [4.69, 9.17) is 5.11 Å². The van der Waals surface area contributed by atoms with E-state index < -0.39 is 0 Å². The lowest BCUT2D eigenvalue weighted by Gasteiger charge is -1.99. The molecule has 0 amide bonds. The van der Waals surface area contributed by atoms with Gasteiger partial charge in [0.1, 0.15) is 5.82 Å². The second kappa shape index (κ2) is 5.14. The van der Waals surface area contributed by atoms with Gasteiger partial charge in [0.2, 0.25) is 0 Å². The van der Waals surface area contributed by atoms with E-state index >= 15 is 0 Å². The monoisotopic (exact) mass is 244 g/mol. The number of alkyl halides is 1. The molecule has 0 saturated carbocycles. The van der Waals surface area contributed by atoms with Crippen LogP contribution in [-0.2, 0) is 6.61 Å². The quantitative estimate of drug-likeness (QED) is 0.812. The van der Waals surface area contributed by atoms with Gasteiger partial charge in [-0.15, -0.1) is 0 Å². The third kappa shape index (κ3) is 2.94. The highest BCUT2D eigenvalue weighted by Crippen LogP contribution is 2.11. The first kappa shape index (κ1) is 10.4. The van der Waals surface area contributed by atoms with Crippen molar-refractivity contribution in [2.75, 3.05) is 5.33 Å². The van der Waals surface area contributed by atoms with Gasteiger partial charge >= 0.3 is 0 Å². The van der Waals surface area contributed by atoms with Crippen molar-refractivity contribution in [3.05, 3.63) is 41.2 Å². The van der Waals surface area contributed by atoms with Crippen LogP contribution in [0.3, 0.4) is 0 Å². The molecule has 0 atom stereocenters. The summed E-state index contributed by atoms with van der Waals surface area (Å²) >= 11 is 3.25. The van der Waals surface area contributed by atoms with Gasteiger partial charge in [-0.25, -0.2) is 4.39 Å². The summed E-state index contributed by atoms with van der Waals surface area (Å²) in [6.45, 7) is -0.262. The van der Waals surface area contributed by atoms with Gasteiger partial charge in [-0.05, 0) is 17.7 Å². The topological polar surface area (TPSA) is 20.2 Å². The molecule has 0 radical (unpaired) electrons. The first-order valence-corrected chi connectivity index (χ1v) is 5.02. The summed E-state index contributed by atoms with van der Waals surface area (Å²) in [5.74, 6) is -0.363. The van der Waals surface area contributed by atoms with Crippen LogP contribution in [0.2, 0.25) is 0 Å². The summed E-state index contributed by atoms with van der Waals surface area (Å²) < 4.78 is 12.9. The molecule has 0 heterocycles. The lowest BCUT2D eigenvalue weighted by Crippen LogP contribution is -1.89. The number of benzene rings is 1. The summed E-state index contributed by atoms with van der Waals surface area (Å²) in [7, 11) is 0. The zero-order valence-electron chi connectivity index (χ0n) is 7.00. The van der Waals surface area contributed by atoms with Crippen molar-refractivity contribution in [2.24, 2.45) is 0 Å². The second-order valence-corrected chi connectivity index (χ2v) is 3.21. The van der Waals surface area contributed by atoms with Crippen LogP contribution in [0.25, 0.3) is 6.08 Å². The predicted molar refractivity (Wildman–Crippen MR) is 55.2 cm³/mol. The van der Waals surface area contributed by atoms with E-state index in [-0.39, 0.29) is 12.4 Å².